The minimum Gasteiger partial charge on any atom is -0.350 e. The number of aromatic amines is 1. The Morgan fingerprint density at radius 2 is 1.79 bits per heavy atom. The Balaban J connectivity index is 1.63. The van der Waals surface area contributed by atoms with Crippen LogP contribution in [0.15, 0.2) is 48.5 Å². The zero-order chi connectivity index (χ0) is 20.4. The molecule has 6 nitrogen and oxygen atoms in total. The fourth-order valence-electron chi connectivity index (χ4n) is 3.59. The Morgan fingerprint density at radius 3 is 2.52 bits per heavy atom. The highest BCUT2D eigenvalue weighted by Crippen LogP contribution is 2.31. The Kier molecular flexibility index (Phi) is 5.67. The van der Waals surface area contributed by atoms with Gasteiger partial charge in [-0.1, -0.05) is 41.9 Å². The number of aromatic nitrogens is 1. The average molecular weight is 411 g/mol. The molecule has 1 aliphatic rings. The van der Waals surface area contributed by atoms with E-state index in [1.165, 1.54) is 0 Å². The minimum atomic E-state index is -0.173. The van der Waals surface area contributed by atoms with E-state index in [2.05, 4.69) is 27.1 Å². The third kappa shape index (κ3) is 4.34. The number of benzene rings is 2. The second kappa shape index (κ2) is 8.37. The summed E-state index contributed by atoms with van der Waals surface area (Å²) < 4.78 is 0. The van der Waals surface area contributed by atoms with Gasteiger partial charge in [-0.2, -0.15) is 0 Å². The van der Waals surface area contributed by atoms with E-state index in [9.17, 15) is 9.59 Å². The summed E-state index contributed by atoms with van der Waals surface area (Å²) >= 11 is 6.12. The van der Waals surface area contributed by atoms with Gasteiger partial charge in [0.05, 0.1) is 12.2 Å². The van der Waals surface area contributed by atoms with E-state index in [4.69, 9.17) is 11.6 Å². The van der Waals surface area contributed by atoms with E-state index in [1.54, 1.807) is 24.3 Å². The van der Waals surface area contributed by atoms with Gasteiger partial charge in [0, 0.05) is 47.7 Å². The van der Waals surface area contributed by atoms with E-state index < -0.39 is 0 Å². The number of hydrogen-bond acceptors (Lipinski definition) is 4. The molecule has 0 atom stereocenters. The molecular weight excluding hydrogens is 388 g/mol. The van der Waals surface area contributed by atoms with Crippen LogP contribution in [0.2, 0.25) is 5.02 Å². The smallest absolute Gasteiger partial charge is 0.238 e. The van der Waals surface area contributed by atoms with Crippen molar-refractivity contribution in [3.05, 3.63) is 64.8 Å². The van der Waals surface area contributed by atoms with Crippen molar-refractivity contribution >= 4 is 39.9 Å². The van der Waals surface area contributed by atoms with Crippen molar-refractivity contribution in [3.8, 4) is 0 Å². The highest BCUT2D eigenvalue weighted by Gasteiger charge is 2.22. The van der Waals surface area contributed by atoms with Crippen molar-refractivity contribution in [1.82, 2.24) is 14.8 Å². The van der Waals surface area contributed by atoms with Gasteiger partial charge < -0.3 is 15.2 Å². The zero-order valence-corrected chi connectivity index (χ0v) is 17.0. The number of piperazine rings is 1. The lowest BCUT2D eigenvalue weighted by molar-refractivity contribution is -0.117. The van der Waals surface area contributed by atoms with Gasteiger partial charge in [0.25, 0.3) is 0 Å². The molecule has 1 aliphatic heterocycles. The number of nitrogens with zero attached hydrogens (tertiary/aromatic N) is 2. The summed E-state index contributed by atoms with van der Waals surface area (Å²) in [5.41, 5.74) is 2.14. The maximum absolute atomic E-state index is 13.1. The lowest BCUT2D eigenvalue weighted by atomic mass is 10.1. The third-order valence-corrected chi connectivity index (χ3v) is 5.49. The summed E-state index contributed by atoms with van der Waals surface area (Å²) in [6.07, 6.45) is 0. The minimum absolute atomic E-state index is 0.132. The molecule has 1 saturated heterocycles. The molecule has 0 bridgehead atoms. The number of carbonyl (C=O) groups is 2. The predicted octanol–water partition coefficient (Wildman–Crippen LogP) is 3.24. The SMILES string of the molecule is CN1CCN(CC(=O)Nc2c(C(=O)c3ccccc3)[nH]c3cc(Cl)ccc23)CC1. The molecule has 2 aromatic carbocycles. The first-order valence-electron chi connectivity index (χ1n) is 9.63. The lowest BCUT2D eigenvalue weighted by Crippen LogP contribution is -2.47. The van der Waals surface area contributed by atoms with Crippen LogP contribution in [0.5, 0.6) is 0 Å². The topological polar surface area (TPSA) is 68.4 Å². The van der Waals surface area contributed by atoms with Gasteiger partial charge in [-0.15, -0.1) is 0 Å². The summed E-state index contributed by atoms with van der Waals surface area (Å²) in [5.74, 6) is -0.305. The van der Waals surface area contributed by atoms with Crippen molar-refractivity contribution in [2.45, 2.75) is 0 Å². The number of amides is 1. The molecule has 2 N–H and O–H groups in total. The van der Waals surface area contributed by atoms with Gasteiger partial charge in [-0.3, -0.25) is 14.5 Å². The Labute approximate surface area is 174 Å². The summed E-state index contributed by atoms with van der Waals surface area (Å²) in [6.45, 7) is 3.88. The van der Waals surface area contributed by atoms with Gasteiger partial charge in [0.1, 0.15) is 5.69 Å². The monoisotopic (exact) mass is 410 g/mol. The summed E-state index contributed by atoms with van der Waals surface area (Å²) in [7, 11) is 2.08. The molecule has 0 unspecified atom stereocenters. The van der Waals surface area contributed by atoms with E-state index in [0.29, 0.717) is 34.0 Å². The molecule has 1 aromatic heterocycles. The van der Waals surface area contributed by atoms with E-state index in [1.807, 2.05) is 24.3 Å². The van der Waals surface area contributed by atoms with E-state index in [-0.39, 0.29) is 11.7 Å². The number of anilines is 1. The maximum atomic E-state index is 13.1. The Hall–Kier alpha value is -2.67. The molecule has 3 aromatic rings. The molecule has 4 rings (SSSR count). The molecule has 0 aliphatic carbocycles. The second-order valence-corrected chi connectivity index (χ2v) is 7.82. The first-order chi connectivity index (χ1) is 14.0. The van der Waals surface area contributed by atoms with E-state index >= 15 is 0 Å². The van der Waals surface area contributed by atoms with Crippen molar-refractivity contribution in [1.29, 1.82) is 0 Å². The number of halogens is 1. The van der Waals surface area contributed by atoms with Gasteiger partial charge in [-0.25, -0.2) is 0 Å². The first-order valence-corrected chi connectivity index (χ1v) is 10.0. The number of carbonyl (C=O) groups excluding carboxylic acids is 2. The normalized spacial score (nSPS) is 15.5. The molecule has 0 spiro atoms. The third-order valence-electron chi connectivity index (χ3n) is 5.25. The van der Waals surface area contributed by atoms with Crippen LogP contribution in [0, 0.1) is 0 Å². The van der Waals surface area contributed by atoms with Crippen LogP contribution in [0.1, 0.15) is 16.1 Å². The molecule has 0 radical (unpaired) electrons. The van der Waals surface area contributed by atoms with Gasteiger partial charge in [0.15, 0.2) is 0 Å². The van der Waals surface area contributed by atoms with Crippen LogP contribution in [0.3, 0.4) is 0 Å². The maximum Gasteiger partial charge on any atom is 0.238 e. The largest absolute Gasteiger partial charge is 0.350 e. The van der Waals surface area contributed by atoms with Crippen LogP contribution >= 0.6 is 11.6 Å². The van der Waals surface area contributed by atoms with Crippen molar-refractivity contribution in [2.75, 3.05) is 45.1 Å². The average Bonchev–Trinajstić information content (AvgIpc) is 3.07. The highest BCUT2D eigenvalue weighted by atomic mass is 35.5. The molecular formula is C22H23ClN4O2. The summed E-state index contributed by atoms with van der Waals surface area (Å²) in [5, 5.41) is 4.30. The number of fused-ring (bicyclic) bond motifs is 1. The fourth-order valence-corrected chi connectivity index (χ4v) is 3.76. The van der Waals surface area contributed by atoms with Crippen LogP contribution in [-0.2, 0) is 4.79 Å². The Morgan fingerprint density at radius 1 is 1.07 bits per heavy atom. The molecule has 0 saturated carbocycles. The molecule has 7 heteroatoms. The number of hydrogen-bond donors (Lipinski definition) is 2. The summed E-state index contributed by atoms with van der Waals surface area (Å²) in [4.78, 5) is 33.4. The van der Waals surface area contributed by atoms with Gasteiger partial charge >= 0.3 is 0 Å². The van der Waals surface area contributed by atoms with Gasteiger partial charge in [-0.05, 0) is 25.2 Å². The van der Waals surface area contributed by atoms with Crippen LogP contribution in [0.4, 0.5) is 5.69 Å². The second-order valence-electron chi connectivity index (χ2n) is 7.39. The standard InChI is InChI=1S/C22H23ClN4O2/c1-26-9-11-27(12-10-26)14-19(28)25-20-17-8-7-16(23)13-18(17)24-21(20)22(29)15-5-3-2-4-6-15/h2-8,13,24H,9-12,14H2,1H3,(H,25,28). The fraction of sp³-hybridized carbons (Fsp3) is 0.273. The highest BCUT2D eigenvalue weighted by molar-refractivity contribution is 6.31. The number of H-pyrrole nitrogens is 1. The molecule has 29 heavy (non-hydrogen) atoms. The number of ketones is 1. The lowest BCUT2D eigenvalue weighted by Gasteiger charge is -2.31. The van der Waals surface area contributed by atoms with Crippen molar-refractivity contribution in [2.24, 2.45) is 0 Å². The predicted molar refractivity (Wildman–Crippen MR) is 116 cm³/mol. The number of likely N-dealkylation sites (N-methyl/N-ethyl adjacent to an activating group) is 1. The number of nitrogens with one attached hydrogen (secondary N) is 2. The van der Waals surface area contributed by atoms with Crippen LogP contribution in [-0.4, -0.2) is 66.2 Å². The zero-order valence-electron chi connectivity index (χ0n) is 16.2. The van der Waals surface area contributed by atoms with Crippen molar-refractivity contribution < 1.29 is 9.59 Å². The van der Waals surface area contributed by atoms with Crippen molar-refractivity contribution in [3.63, 3.8) is 0 Å². The van der Waals surface area contributed by atoms with Crippen LogP contribution < -0.4 is 5.32 Å². The van der Waals surface area contributed by atoms with Crippen LogP contribution in [0.25, 0.3) is 10.9 Å². The first kappa shape index (κ1) is 19.6. The molecule has 150 valence electrons. The van der Waals surface area contributed by atoms with Gasteiger partial charge in [0.2, 0.25) is 11.7 Å². The molecule has 2 heterocycles. The molecule has 1 fully saturated rings. The molecule has 1 amide bonds. The quantitative estimate of drug-likeness (QED) is 0.633. The summed E-state index contributed by atoms with van der Waals surface area (Å²) in [6, 6.07) is 14.4. The number of rotatable bonds is 5. The van der Waals surface area contributed by atoms with E-state index in [0.717, 1.165) is 31.6 Å². The Bertz CT molecular complexity index is 1040.